The summed E-state index contributed by atoms with van der Waals surface area (Å²) in [5.41, 5.74) is 9.53. The molecule has 6 N–H and O–H groups in total. The van der Waals surface area contributed by atoms with Gasteiger partial charge in [0.1, 0.15) is 65.8 Å². The molecule has 0 aliphatic carbocycles. The summed E-state index contributed by atoms with van der Waals surface area (Å²) in [7, 11) is 17.8. The number of nitrogen functional groups attached to an aromatic ring is 1. The molecule has 2 aromatic rings. The number of ether oxygens (including phenoxy) is 2. The first-order valence-electron chi connectivity index (χ1n) is 9.27. The molecule has 14 heteroatoms. The van der Waals surface area contributed by atoms with Crippen molar-refractivity contribution in [2.75, 3.05) is 5.73 Å². The lowest BCUT2D eigenvalue weighted by Crippen LogP contribution is -2.55. The number of hydrogen-bond donors (Lipinski definition) is 4. The Morgan fingerprint density at radius 3 is 2.71 bits per heavy atom. The highest BCUT2D eigenvalue weighted by atomic mass is 16.6. The molecule has 0 saturated carbocycles. The first-order chi connectivity index (χ1) is 14.4. The smallest absolute Gasteiger partial charge is 0.322 e. The monoisotopic (exact) mass is 420 g/mol. The minimum atomic E-state index is -2.44. The Balaban J connectivity index is 2.03. The van der Waals surface area contributed by atoms with Gasteiger partial charge in [-0.1, -0.05) is 19.3 Å². The molecule has 1 unspecified atom stereocenters. The van der Waals surface area contributed by atoms with Gasteiger partial charge in [-0.05, 0) is 12.0 Å². The Hall–Kier alpha value is -2.59. The summed E-state index contributed by atoms with van der Waals surface area (Å²) in [5.74, 6) is -1.22. The topological polar surface area (TPSA) is 182 Å². The van der Waals surface area contributed by atoms with Gasteiger partial charge in [0.25, 0.3) is 0 Å². The van der Waals surface area contributed by atoms with Crippen molar-refractivity contribution < 1.29 is 24.5 Å². The van der Waals surface area contributed by atoms with Gasteiger partial charge in [0.2, 0.25) is 5.60 Å². The lowest BCUT2D eigenvalue weighted by Gasteiger charge is -2.35. The zero-order valence-corrected chi connectivity index (χ0v) is 16.8. The van der Waals surface area contributed by atoms with Gasteiger partial charge < -0.3 is 31.2 Å². The summed E-state index contributed by atoms with van der Waals surface area (Å²) < 4.78 is 11.9. The van der Waals surface area contributed by atoms with Crippen LogP contribution in [0.4, 0.5) is 5.82 Å². The molecular weight excluding hydrogens is 401 g/mol. The number of nitriles is 1. The largest absolute Gasteiger partial charge is 0.476 e. The van der Waals surface area contributed by atoms with Crippen LogP contribution in [-0.2, 0) is 19.9 Å². The molecule has 2 aromatic heterocycles. The molecule has 5 atom stereocenters. The summed E-state index contributed by atoms with van der Waals surface area (Å²) in [6, 6.07) is 2.05. The molecule has 0 amide bonds. The third kappa shape index (κ3) is 3.57. The highest BCUT2D eigenvalue weighted by molar-refractivity contribution is 6.40. The average Bonchev–Trinajstić information content (AvgIpc) is 3.17. The van der Waals surface area contributed by atoms with Crippen LogP contribution in [0, 0.1) is 17.2 Å². The summed E-state index contributed by atoms with van der Waals surface area (Å²) in [4.78, 5) is 16.1. The van der Waals surface area contributed by atoms with Crippen LogP contribution < -0.4 is 16.9 Å². The van der Waals surface area contributed by atoms with Crippen LogP contribution in [0.3, 0.4) is 0 Å². The Labute approximate surface area is 181 Å². The first kappa shape index (κ1) is 23.1. The van der Waals surface area contributed by atoms with E-state index in [1.165, 1.54) is 6.07 Å². The van der Waals surface area contributed by atoms with E-state index < -0.39 is 41.3 Å². The number of anilines is 1. The summed E-state index contributed by atoms with van der Waals surface area (Å²) in [6.45, 7) is 3.36. The van der Waals surface area contributed by atoms with Gasteiger partial charge in [-0.15, -0.1) is 0 Å². The molecule has 156 valence electrons. The zero-order chi connectivity index (χ0) is 23.3. The van der Waals surface area contributed by atoms with Crippen LogP contribution in [0.2, 0.25) is 0 Å². The third-order valence-electron chi connectivity index (χ3n) is 5.23. The van der Waals surface area contributed by atoms with Crippen molar-refractivity contribution in [1.29, 1.82) is 5.26 Å². The number of esters is 1. The maximum absolute atomic E-state index is 12.2. The molecule has 1 saturated heterocycles. The lowest BCUT2D eigenvalue weighted by molar-refractivity contribution is -0.162. The molecule has 1 aliphatic heterocycles. The molecule has 3 rings (SSSR count). The van der Waals surface area contributed by atoms with Gasteiger partial charge >= 0.3 is 5.97 Å². The fourth-order valence-corrected chi connectivity index (χ4v) is 3.40. The summed E-state index contributed by atoms with van der Waals surface area (Å²) >= 11 is 0. The van der Waals surface area contributed by atoms with Crippen LogP contribution in [0.25, 0.3) is 5.52 Å². The van der Waals surface area contributed by atoms with E-state index >= 15 is 0 Å². The van der Waals surface area contributed by atoms with E-state index in [0.717, 1.165) is 10.8 Å². The summed E-state index contributed by atoms with van der Waals surface area (Å²) in [6.07, 6.45) is -4.31. The molecule has 31 heavy (non-hydrogen) atoms. The number of nitrogens with two attached hydrogens (primary N) is 2. The van der Waals surface area contributed by atoms with E-state index in [1.807, 2.05) is 6.07 Å². The molecule has 6 radical (unpaired) electrons. The SMILES string of the molecule is [B]c1cc([C@]2(C#N)OC(C([B])([B])OC(=O)[C@@H](N)C(C)C)[C@@H](O)[C@H]2O)n2ncnc(N)c12. The van der Waals surface area contributed by atoms with E-state index in [0.29, 0.717) is 0 Å². The van der Waals surface area contributed by atoms with Crippen molar-refractivity contribution in [3.8, 4) is 6.07 Å². The van der Waals surface area contributed by atoms with Crippen molar-refractivity contribution in [3.05, 3.63) is 18.1 Å². The number of fused-ring (bicyclic) bond motifs is 1. The molecule has 1 fully saturated rings. The van der Waals surface area contributed by atoms with Crippen molar-refractivity contribution in [2.24, 2.45) is 11.7 Å². The number of aromatic nitrogens is 3. The van der Waals surface area contributed by atoms with Crippen molar-refractivity contribution in [2.45, 2.75) is 49.2 Å². The van der Waals surface area contributed by atoms with Crippen molar-refractivity contribution in [1.82, 2.24) is 14.6 Å². The summed E-state index contributed by atoms with van der Waals surface area (Å²) in [5, 5.41) is 32.9. The first-order valence-corrected chi connectivity index (χ1v) is 9.27. The Morgan fingerprint density at radius 2 is 2.13 bits per heavy atom. The molecule has 0 aromatic carbocycles. The van der Waals surface area contributed by atoms with E-state index in [4.69, 9.17) is 44.5 Å². The second kappa shape index (κ2) is 7.83. The number of rotatable bonds is 5. The molecule has 1 aliphatic rings. The number of carbonyl (C=O) groups excluding carboxylic acids is 1. The van der Waals surface area contributed by atoms with Gasteiger partial charge in [-0.3, -0.25) is 4.79 Å². The van der Waals surface area contributed by atoms with E-state index in [2.05, 4.69) is 10.1 Å². The van der Waals surface area contributed by atoms with Crippen LogP contribution in [0.5, 0.6) is 0 Å². The van der Waals surface area contributed by atoms with Crippen LogP contribution in [0.15, 0.2) is 12.4 Å². The average molecular weight is 420 g/mol. The number of hydrogen-bond acceptors (Lipinski definition) is 10. The standard InChI is InChI=1S/C17H19B3N6O5/c1-6(2)9(22)15(29)31-17(19,20)13-11(27)12(28)16(4-21,30-13)8-3-7(18)10-14(23)24-5-25-26(8)10/h3,5-6,9,11-13,27-28H,22H2,1-2H3,(H2,23,24,25)/t9-,11-,12+,13?,16-/m0/s1. The minimum Gasteiger partial charge on any atom is -0.476 e. The second-order valence-electron chi connectivity index (χ2n) is 7.76. The number of nitrogens with zero attached hydrogens (tertiary/aromatic N) is 4. The number of aliphatic hydroxyl groups excluding tert-OH is 2. The minimum absolute atomic E-state index is 0.0139. The van der Waals surface area contributed by atoms with Gasteiger partial charge in [0.05, 0.1) is 11.1 Å². The fraction of sp³-hybridized carbons (Fsp3) is 0.529. The normalized spacial score (nSPS) is 27.3. The highest BCUT2D eigenvalue weighted by Crippen LogP contribution is 2.42. The molecule has 3 heterocycles. The Morgan fingerprint density at radius 1 is 1.48 bits per heavy atom. The van der Waals surface area contributed by atoms with Crippen LogP contribution in [-0.4, -0.2) is 84.1 Å². The van der Waals surface area contributed by atoms with E-state index in [-0.39, 0.29) is 28.4 Å². The Kier molecular flexibility index (Phi) is 5.83. The Bertz CT molecular complexity index is 1060. The van der Waals surface area contributed by atoms with Gasteiger partial charge in [0, 0.05) is 0 Å². The van der Waals surface area contributed by atoms with Crippen molar-refractivity contribution in [3.63, 3.8) is 0 Å². The lowest BCUT2D eigenvalue weighted by atomic mass is 9.60. The molecular formula is C17H19B3N6O5. The molecule has 11 nitrogen and oxygen atoms in total. The zero-order valence-electron chi connectivity index (χ0n) is 16.8. The van der Waals surface area contributed by atoms with Gasteiger partial charge in [-0.2, -0.15) is 10.4 Å². The number of aliphatic hydroxyl groups is 2. The predicted octanol–water partition coefficient (Wildman–Crippen LogP) is -3.54. The fourth-order valence-electron chi connectivity index (χ4n) is 3.40. The maximum atomic E-state index is 12.2. The van der Waals surface area contributed by atoms with Crippen LogP contribution >= 0.6 is 0 Å². The van der Waals surface area contributed by atoms with Gasteiger partial charge in [0.15, 0.2) is 5.82 Å². The third-order valence-corrected chi connectivity index (χ3v) is 5.23. The van der Waals surface area contributed by atoms with Crippen LogP contribution in [0.1, 0.15) is 19.5 Å². The second-order valence-corrected chi connectivity index (χ2v) is 7.76. The van der Waals surface area contributed by atoms with Gasteiger partial charge in [-0.25, -0.2) is 9.50 Å². The highest BCUT2D eigenvalue weighted by Gasteiger charge is 2.61. The maximum Gasteiger partial charge on any atom is 0.322 e. The van der Waals surface area contributed by atoms with E-state index in [9.17, 15) is 20.3 Å². The quantitative estimate of drug-likeness (QED) is 0.280. The van der Waals surface area contributed by atoms with Crippen molar-refractivity contribution >= 4 is 46.3 Å². The number of carbonyl (C=O) groups is 1. The molecule has 0 spiro atoms. The predicted molar refractivity (Wildman–Crippen MR) is 110 cm³/mol. The van der Waals surface area contributed by atoms with E-state index in [1.54, 1.807) is 13.8 Å². The molecule has 0 bridgehead atoms.